The topological polar surface area (TPSA) is 70.2 Å². The fraction of sp³-hybridized carbons (Fsp3) is 0.600. The van der Waals surface area contributed by atoms with Crippen LogP contribution in [0.5, 0.6) is 0 Å². The van der Waals surface area contributed by atoms with Gasteiger partial charge in [0.05, 0.1) is 17.7 Å². The van der Waals surface area contributed by atoms with Crippen molar-refractivity contribution in [1.82, 2.24) is 16.0 Å². The molecule has 1 aliphatic rings. The predicted octanol–water partition coefficient (Wildman–Crippen LogP) is 4.91. The van der Waals surface area contributed by atoms with Crippen molar-refractivity contribution in [3.63, 3.8) is 0 Å². The molecular weight excluding hydrogens is 488 g/mol. The molecule has 11 heteroatoms. The number of alkyl halides is 6. The molecule has 1 aliphatic carbocycles. The summed E-state index contributed by atoms with van der Waals surface area (Å²) in [6, 6.07) is 0.900. The van der Waals surface area contributed by atoms with Crippen LogP contribution in [-0.2, 0) is 17.1 Å². The first-order valence-electron chi connectivity index (χ1n) is 11.8. The molecule has 3 N–H and O–H groups in total. The second kappa shape index (κ2) is 12.0. The van der Waals surface area contributed by atoms with Gasteiger partial charge >= 0.3 is 12.4 Å². The summed E-state index contributed by atoms with van der Waals surface area (Å²) in [5.74, 6) is 1.46. The fourth-order valence-electron chi connectivity index (χ4n) is 4.21. The summed E-state index contributed by atoms with van der Waals surface area (Å²) in [6.45, 7) is 4.03. The molecule has 1 aromatic carbocycles. The molecule has 1 aromatic rings. The second-order valence-electron chi connectivity index (χ2n) is 9.08. The minimum Gasteiger partial charge on any atom is -0.352 e. The molecule has 0 saturated heterocycles. The fourth-order valence-corrected chi connectivity index (χ4v) is 4.21. The van der Waals surface area contributed by atoms with Crippen LogP contribution in [0.4, 0.5) is 26.3 Å². The van der Waals surface area contributed by atoms with Crippen LogP contribution in [0.25, 0.3) is 0 Å². The van der Waals surface area contributed by atoms with Gasteiger partial charge in [0.1, 0.15) is 5.54 Å². The molecule has 2 rings (SSSR count). The highest BCUT2D eigenvalue weighted by molar-refractivity contribution is 5.94. The Kier molecular flexibility index (Phi) is 9.83. The van der Waals surface area contributed by atoms with E-state index in [0.717, 1.165) is 0 Å². The van der Waals surface area contributed by atoms with Crippen molar-refractivity contribution in [3.05, 3.63) is 34.9 Å². The maximum atomic E-state index is 13.0. The summed E-state index contributed by atoms with van der Waals surface area (Å²) in [5, 5.41) is 8.52. The first-order chi connectivity index (χ1) is 16.7. The lowest BCUT2D eigenvalue weighted by atomic mass is 9.86. The summed E-state index contributed by atoms with van der Waals surface area (Å²) in [7, 11) is 0. The molecule has 0 aliphatic heterocycles. The van der Waals surface area contributed by atoms with Crippen LogP contribution >= 0.6 is 0 Å². The lowest BCUT2D eigenvalue weighted by Gasteiger charge is -2.30. The third-order valence-corrected chi connectivity index (χ3v) is 6.66. The van der Waals surface area contributed by atoms with Gasteiger partial charge in [-0.25, -0.2) is 0 Å². The molecule has 0 unspecified atom stereocenters. The van der Waals surface area contributed by atoms with Crippen molar-refractivity contribution in [1.29, 1.82) is 0 Å². The Morgan fingerprint density at radius 1 is 0.944 bits per heavy atom. The number of halogens is 6. The van der Waals surface area contributed by atoms with Crippen LogP contribution in [0.2, 0.25) is 0 Å². The number of carbonyl (C=O) groups excluding carboxylic acids is 2. The summed E-state index contributed by atoms with van der Waals surface area (Å²) in [6.07, 6.45) is -0.499. The zero-order valence-electron chi connectivity index (χ0n) is 20.2. The van der Waals surface area contributed by atoms with E-state index in [-0.39, 0.29) is 37.0 Å². The molecule has 2 amide bonds. The summed E-state index contributed by atoms with van der Waals surface area (Å²) in [4.78, 5) is 24.6. The molecule has 1 saturated carbocycles. The van der Waals surface area contributed by atoms with E-state index in [4.69, 9.17) is 6.42 Å². The van der Waals surface area contributed by atoms with Gasteiger partial charge in [-0.05, 0) is 62.6 Å². The predicted molar refractivity (Wildman–Crippen MR) is 123 cm³/mol. The Bertz CT molecular complexity index is 924. The maximum Gasteiger partial charge on any atom is 0.416 e. The minimum atomic E-state index is -5.02. The largest absolute Gasteiger partial charge is 0.416 e. The van der Waals surface area contributed by atoms with Gasteiger partial charge in [-0.15, -0.1) is 6.42 Å². The highest BCUT2D eigenvalue weighted by atomic mass is 19.4. The van der Waals surface area contributed by atoms with Crippen molar-refractivity contribution in [2.45, 2.75) is 76.3 Å². The first-order valence-corrected chi connectivity index (χ1v) is 11.8. The maximum absolute atomic E-state index is 13.0. The Hall–Kier alpha value is -2.74. The van der Waals surface area contributed by atoms with E-state index in [2.05, 4.69) is 21.9 Å². The monoisotopic (exact) mass is 519 g/mol. The molecule has 0 heterocycles. The molecule has 0 radical (unpaired) electrons. The quantitative estimate of drug-likeness (QED) is 0.321. The lowest BCUT2D eigenvalue weighted by Crippen LogP contribution is -2.50. The highest BCUT2D eigenvalue weighted by Crippen LogP contribution is 2.36. The van der Waals surface area contributed by atoms with Crippen molar-refractivity contribution < 1.29 is 35.9 Å². The van der Waals surface area contributed by atoms with Crippen LogP contribution < -0.4 is 16.0 Å². The van der Waals surface area contributed by atoms with Gasteiger partial charge in [0.25, 0.3) is 5.91 Å². The van der Waals surface area contributed by atoms with E-state index < -0.39 is 40.5 Å². The van der Waals surface area contributed by atoms with E-state index in [0.29, 0.717) is 50.7 Å². The molecule has 200 valence electrons. The van der Waals surface area contributed by atoms with Crippen molar-refractivity contribution >= 4 is 11.8 Å². The highest BCUT2D eigenvalue weighted by Gasteiger charge is 2.37. The molecule has 36 heavy (non-hydrogen) atoms. The van der Waals surface area contributed by atoms with Gasteiger partial charge in [0.2, 0.25) is 5.91 Å². The molecule has 5 nitrogen and oxygen atoms in total. The van der Waals surface area contributed by atoms with Gasteiger partial charge in [0, 0.05) is 18.2 Å². The average molecular weight is 520 g/mol. The number of amides is 2. The Balaban J connectivity index is 1.86. The third-order valence-electron chi connectivity index (χ3n) is 6.66. The van der Waals surface area contributed by atoms with Crippen molar-refractivity contribution in [2.24, 2.45) is 5.92 Å². The van der Waals surface area contributed by atoms with Crippen LogP contribution in [0.1, 0.15) is 73.9 Å². The van der Waals surface area contributed by atoms with E-state index in [1.54, 1.807) is 0 Å². The average Bonchev–Trinajstić information content (AvgIpc) is 2.84. The third kappa shape index (κ3) is 8.15. The SMILES string of the molecule is C#CC(CC)(CC)NC(=O)CN[C@H]1CC[C@H](CNC(=O)c2cc(C(F)(F)F)cc(C(F)(F)F)c2)CC1. The number of hydrogen-bond acceptors (Lipinski definition) is 3. The van der Waals surface area contributed by atoms with Crippen LogP contribution in [0.3, 0.4) is 0 Å². The molecule has 0 spiro atoms. The van der Waals surface area contributed by atoms with Gasteiger partial charge < -0.3 is 16.0 Å². The Morgan fingerprint density at radius 2 is 1.47 bits per heavy atom. The Morgan fingerprint density at radius 3 is 1.92 bits per heavy atom. The van der Waals surface area contributed by atoms with Gasteiger partial charge in [-0.3, -0.25) is 9.59 Å². The second-order valence-corrected chi connectivity index (χ2v) is 9.08. The zero-order valence-corrected chi connectivity index (χ0v) is 20.2. The number of rotatable bonds is 9. The molecule has 0 atom stereocenters. The van der Waals surface area contributed by atoms with Crippen LogP contribution in [0, 0.1) is 18.3 Å². The number of carbonyl (C=O) groups is 2. The van der Waals surface area contributed by atoms with E-state index >= 15 is 0 Å². The number of nitrogens with one attached hydrogen (secondary N) is 3. The summed E-state index contributed by atoms with van der Waals surface area (Å²) >= 11 is 0. The number of terminal acetylenes is 1. The van der Waals surface area contributed by atoms with E-state index in [9.17, 15) is 35.9 Å². The zero-order chi connectivity index (χ0) is 27.1. The standard InChI is InChI=1S/C25H31F6N3O2/c1-4-23(5-2,6-3)34-21(35)15-32-20-9-7-16(8-10-20)14-33-22(36)17-11-18(24(26,27)28)13-19(12-17)25(29,30)31/h1,11-13,16,20,32H,5-10,14-15H2,2-3H3,(H,33,36)(H,34,35)/t16-,20-. The number of benzene rings is 1. The number of hydrogen-bond donors (Lipinski definition) is 3. The molecule has 1 fully saturated rings. The molecule has 0 aromatic heterocycles. The normalized spacial score (nSPS) is 18.9. The van der Waals surface area contributed by atoms with Crippen LogP contribution in [-0.4, -0.2) is 36.5 Å². The van der Waals surface area contributed by atoms with E-state index in [1.165, 1.54) is 0 Å². The minimum absolute atomic E-state index is 0.0116. The van der Waals surface area contributed by atoms with Crippen LogP contribution in [0.15, 0.2) is 18.2 Å². The summed E-state index contributed by atoms with van der Waals surface area (Å²) in [5.41, 5.74) is -4.43. The Labute approximate surface area is 206 Å². The van der Waals surface area contributed by atoms with Crippen molar-refractivity contribution in [2.75, 3.05) is 13.1 Å². The van der Waals surface area contributed by atoms with Gasteiger partial charge in [-0.2, -0.15) is 26.3 Å². The van der Waals surface area contributed by atoms with Crippen molar-refractivity contribution in [3.8, 4) is 12.3 Å². The van der Waals surface area contributed by atoms with Gasteiger partial charge in [-0.1, -0.05) is 19.8 Å². The van der Waals surface area contributed by atoms with Gasteiger partial charge in [0.15, 0.2) is 0 Å². The molecular formula is C25H31F6N3O2. The summed E-state index contributed by atoms with van der Waals surface area (Å²) < 4.78 is 78.1. The first kappa shape index (κ1) is 29.5. The lowest BCUT2D eigenvalue weighted by molar-refractivity contribution is -0.143. The van der Waals surface area contributed by atoms with E-state index in [1.807, 2.05) is 13.8 Å². The molecule has 0 bridgehead atoms. The smallest absolute Gasteiger partial charge is 0.352 e.